The SMILES string of the molecule is CCOC(=O)CN1C(=O)COc2ccc(-c3csc(NC(=O)c4ccccc4)n3)cc21. The van der Waals surface area contributed by atoms with E-state index in [4.69, 9.17) is 9.47 Å². The number of nitrogens with zero attached hydrogens (tertiary/aromatic N) is 2. The number of benzene rings is 2. The first kappa shape index (κ1) is 20.5. The van der Waals surface area contributed by atoms with Gasteiger partial charge in [-0.2, -0.15) is 0 Å². The summed E-state index contributed by atoms with van der Waals surface area (Å²) in [5, 5.41) is 5.05. The van der Waals surface area contributed by atoms with Crippen LogP contribution >= 0.6 is 11.3 Å². The number of nitrogens with one attached hydrogen (secondary N) is 1. The first-order chi connectivity index (χ1) is 15.0. The van der Waals surface area contributed by atoms with E-state index in [1.165, 1.54) is 16.2 Å². The van der Waals surface area contributed by atoms with E-state index in [9.17, 15) is 14.4 Å². The molecule has 0 spiro atoms. The lowest BCUT2D eigenvalue weighted by Gasteiger charge is -2.28. The molecule has 1 aliphatic rings. The average Bonchev–Trinajstić information content (AvgIpc) is 3.24. The van der Waals surface area contributed by atoms with Crippen LogP contribution < -0.4 is 15.0 Å². The van der Waals surface area contributed by atoms with Gasteiger partial charge in [0.2, 0.25) is 0 Å². The van der Waals surface area contributed by atoms with Crippen molar-refractivity contribution in [2.75, 3.05) is 30.0 Å². The number of thiazole rings is 1. The van der Waals surface area contributed by atoms with Gasteiger partial charge in [-0.1, -0.05) is 18.2 Å². The van der Waals surface area contributed by atoms with Gasteiger partial charge in [-0.3, -0.25) is 24.6 Å². The van der Waals surface area contributed by atoms with Crippen molar-refractivity contribution in [3.05, 3.63) is 59.5 Å². The largest absolute Gasteiger partial charge is 0.482 e. The molecule has 0 saturated carbocycles. The molecular weight excluding hydrogens is 418 g/mol. The number of fused-ring (bicyclic) bond motifs is 1. The predicted octanol–water partition coefficient (Wildman–Crippen LogP) is 3.35. The fourth-order valence-corrected chi connectivity index (χ4v) is 3.81. The lowest BCUT2D eigenvalue weighted by atomic mass is 10.1. The summed E-state index contributed by atoms with van der Waals surface area (Å²) < 4.78 is 10.5. The maximum absolute atomic E-state index is 12.3. The fraction of sp³-hybridized carbons (Fsp3) is 0.182. The zero-order chi connectivity index (χ0) is 21.8. The number of hydrogen-bond acceptors (Lipinski definition) is 7. The van der Waals surface area contributed by atoms with Crippen LogP contribution in [-0.2, 0) is 14.3 Å². The molecule has 31 heavy (non-hydrogen) atoms. The third kappa shape index (κ3) is 4.56. The Balaban J connectivity index is 1.56. The normalized spacial score (nSPS) is 12.7. The Kier molecular flexibility index (Phi) is 5.94. The molecule has 3 aromatic rings. The molecule has 1 aromatic heterocycles. The lowest BCUT2D eigenvalue weighted by molar-refractivity contribution is -0.142. The van der Waals surface area contributed by atoms with E-state index in [0.29, 0.717) is 27.8 Å². The van der Waals surface area contributed by atoms with Gasteiger partial charge in [0, 0.05) is 16.5 Å². The summed E-state index contributed by atoms with van der Waals surface area (Å²) in [6.45, 7) is 1.61. The Bertz CT molecular complexity index is 1130. The van der Waals surface area contributed by atoms with Crippen molar-refractivity contribution < 1.29 is 23.9 Å². The number of carbonyl (C=O) groups is 3. The number of rotatable bonds is 6. The van der Waals surface area contributed by atoms with Gasteiger partial charge < -0.3 is 9.47 Å². The van der Waals surface area contributed by atoms with Gasteiger partial charge in [-0.25, -0.2) is 4.98 Å². The summed E-state index contributed by atoms with van der Waals surface area (Å²) in [6, 6.07) is 14.2. The maximum Gasteiger partial charge on any atom is 0.326 e. The first-order valence-electron chi connectivity index (χ1n) is 9.60. The molecule has 2 aromatic carbocycles. The Morgan fingerprint density at radius 3 is 2.81 bits per heavy atom. The third-order valence-corrected chi connectivity index (χ3v) is 5.31. The molecule has 0 radical (unpaired) electrons. The van der Waals surface area contributed by atoms with Gasteiger partial charge >= 0.3 is 5.97 Å². The Morgan fingerprint density at radius 1 is 1.23 bits per heavy atom. The summed E-state index contributed by atoms with van der Waals surface area (Å²) in [6.07, 6.45) is 0. The molecule has 0 unspecified atom stereocenters. The molecule has 0 saturated heterocycles. The van der Waals surface area contributed by atoms with Crippen LogP contribution in [0.3, 0.4) is 0 Å². The summed E-state index contributed by atoms with van der Waals surface area (Å²) in [5.74, 6) is -0.563. The zero-order valence-electron chi connectivity index (χ0n) is 16.7. The molecule has 0 atom stereocenters. The maximum atomic E-state index is 12.3. The number of anilines is 2. The standard InChI is InChI=1S/C22H19N3O5S/c1-2-29-20(27)11-25-17-10-15(8-9-18(17)30-12-19(25)26)16-13-31-22(23-16)24-21(28)14-6-4-3-5-7-14/h3-10,13H,2,11-12H2,1H3,(H,23,24,28). The molecule has 1 aliphatic heterocycles. The van der Waals surface area contributed by atoms with Crippen LogP contribution in [0.1, 0.15) is 17.3 Å². The quantitative estimate of drug-likeness (QED) is 0.594. The smallest absolute Gasteiger partial charge is 0.326 e. The predicted molar refractivity (Wildman–Crippen MR) is 116 cm³/mol. The summed E-state index contributed by atoms with van der Waals surface area (Å²) >= 11 is 1.29. The second kappa shape index (κ2) is 8.97. The minimum Gasteiger partial charge on any atom is -0.482 e. The van der Waals surface area contributed by atoms with Crippen molar-refractivity contribution in [1.82, 2.24) is 4.98 Å². The number of hydrogen-bond donors (Lipinski definition) is 1. The minimum atomic E-state index is -0.492. The van der Waals surface area contributed by atoms with Crippen LogP contribution in [0, 0.1) is 0 Å². The topological polar surface area (TPSA) is 97.8 Å². The number of ether oxygens (including phenoxy) is 2. The second-order valence-electron chi connectivity index (χ2n) is 6.61. The van der Waals surface area contributed by atoms with Gasteiger partial charge in [0.25, 0.3) is 11.8 Å². The molecule has 9 heteroatoms. The van der Waals surface area contributed by atoms with Crippen LogP contribution in [0.2, 0.25) is 0 Å². The van der Waals surface area contributed by atoms with E-state index >= 15 is 0 Å². The minimum absolute atomic E-state index is 0.141. The van der Waals surface area contributed by atoms with Crippen molar-refractivity contribution in [1.29, 1.82) is 0 Å². The number of carbonyl (C=O) groups excluding carboxylic acids is 3. The van der Waals surface area contributed by atoms with E-state index in [-0.39, 0.29) is 31.6 Å². The number of amides is 2. The molecule has 0 bridgehead atoms. The number of esters is 1. The molecule has 2 amide bonds. The van der Waals surface area contributed by atoms with Crippen molar-refractivity contribution >= 4 is 39.9 Å². The van der Waals surface area contributed by atoms with Gasteiger partial charge in [0.05, 0.1) is 18.0 Å². The van der Waals surface area contributed by atoms with Gasteiger partial charge in [-0.15, -0.1) is 11.3 Å². The highest BCUT2D eigenvalue weighted by atomic mass is 32.1. The Morgan fingerprint density at radius 2 is 2.03 bits per heavy atom. The van der Waals surface area contributed by atoms with Crippen LogP contribution in [0.15, 0.2) is 53.9 Å². The van der Waals surface area contributed by atoms with Crippen LogP contribution in [-0.4, -0.2) is 42.5 Å². The van der Waals surface area contributed by atoms with E-state index in [0.717, 1.165) is 5.56 Å². The third-order valence-electron chi connectivity index (χ3n) is 4.55. The van der Waals surface area contributed by atoms with Crippen LogP contribution in [0.4, 0.5) is 10.8 Å². The highest BCUT2D eigenvalue weighted by molar-refractivity contribution is 7.14. The van der Waals surface area contributed by atoms with Crippen molar-refractivity contribution in [3.63, 3.8) is 0 Å². The molecule has 0 fully saturated rings. The zero-order valence-corrected chi connectivity index (χ0v) is 17.5. The second-order valence-corrected chi connectivity index (χ2v) is 7.47. The molecule has 8 nitrogen and oxygen atoms in total. The molecule has 4 rings (SSSR count). The van der Waals surface area contributed by atoms with Crippen LogP contribution in [0.25, 0.3) is 11.3 Å². The van der Waals surface area contributed by atoms with Gasteiger partial charge in [0.15, 0.2) is 11.7 Å². The average molecular weight is 437 g/mol. The Labute approximate surface area is 182 Å². The molecule has 1 N–H and O–H groups in total. The van der Waals surface area contributed by atoms with E-state index in [2.05, 4.69) is 10.3 Å². The molecule has 0 aliphatic carbocycles. The molecule has 158 valence electrons. The molecular formula is C22H19N3O5S. The van der Waals surface area contributed by atoms with Gasteiger partial charge in [-0.05, 0) is 37.3 Å². The van der Waals surface area contributed by atoms with Crippen molar-refractivity contribution in [2.24, 2.45) is 0 Å². The van der Waals surface area contributed by atoms with Crippen LogP contribution in [0.5, 0.6) is 5.75 Å². The lowest BCUT2D eigenvalue weighted by Crippen LogP contribution is -2.42. The highest BCUT2D eigenvalue weighted by Gasteiger charge is 2.28. The van der Waals surface area contributed by atoms with Crippen molar-refractivity contribution in [3.8, 4) is 17.0 Å². The Hall–Kier alpha value is -3.72. The van der Waals surface area contributed by atoms with E-state index in [1.807, 2.05) is 17.5 Å². The van der Waals surface area contributed by atoms with Crippen molar-refractivity contribution in [2.45, 2.75) is 6.92 Å². The van der Waals surface area contributed by atoms with E-state index in [1.54, 1.807) is 43.3 Å². The monoisotopic (exact) mass is 437 g/mol. The van der Waals surface area contributed by atoms with Gasteiger partial charge in [0.1, 0.15) is 12.3 Å². The highest BCUT2D eigenvalue weighted by Crippen LogP contribution is 2.36. The molecule has 2 heterocycles. The first-order valence-corrected chi connectivity index (χ1v) is 10.5. The summed E-state index contributed by atoms with van der Waals surface area (Å²) in [7, 11) is 0. The van der Waals surface area contributed by atoms with E-state index < -0.39 is 5.97 Å². The fourth-order valence-electron chi connectivity index (χ4n) is 3.09. The summed E-state index contributed by atoms with van der Waals surface area (Å²) in [4.78, 5) is 42.4. The summed E-state index contributed by atoms with van der Waals surface area (Å²) in [5.41, 5.74) is 2.37. The number of aromatic nitrogens is 1.